The van der Waals surface area contributed by atoms with Crippen LogP contribution in [0.25, 0.3) is 0 Å². The van der Waals surface area contributed by atoms with Gasteiger partial charge in [-0.3, -0.25) is 10.1 Å². The van der Waals surface area contributed by atoms with Crippen molar-refractivity contribution in [2.75, 3.05) is 0 Å². The molecule has 2 unspecified atom stereocenters. The van der Waals surface area contributed by atoms with Crippen LogP contribution >= 0.6 is 23.2 Å². The Labute approximate surface area is 130 Å². The van der Waals surface area contributed by atoms with Gasteiger partial charge in [0.05, 0.1) is 16.1 Å². The molecule has 0 radical (unpaired) electrons. The number of hydrogen-bond acceptors (Lipinski definition) is 2. The number of amides is 1. The fourth-order valence-electron chi connectivity index (χ4n) is 2.11. The molecule has 0 aliphatic heterocycles. The summed E-state index contributed by atoms with van der Waals surface area (Å²) in [7, 11) is 0. The van der Waals surface area contributed by atoms with E-state index in [1.54, 1.807) is 6.07 Å². The lowest BCUT2D eigenvalue weighted by molar-refractivity contribution is -0.123. The molecule has 1 amide bonds. The van der Waals surface area contributed by atoms with E-state index in [2.05, 4.69) is 17.6 Å². The molecule has 2 rings (SSSR count). The van der Waals surface area contributed by atoms with Gasteiger partial charge in [0.25, 0.3) is 0 Å². The van der Waals surface area contributed by atoms with E-state index in [0.29, 0.717) is 16.1 Å². The number of nitrogens with one attached hydrogen (secondary N) is 2. The fraction of sp³-hybridized carbons (Fsp3) is 0.533. The molecule has 2 atom stereocenters. The lowest BCUT2D eigenvalue weighted by atomic mass is 10.0. The Morgan fingerprint density at radius 3 is 2.60 bits per heavy atom. The van der Waals surface area contributed by atoms with Crippen LogP contribution in [0.4, 0.5) is 0 Å². The van der Waals surface area contributed by atoms with Crippen molar-refractivity contribution in [2.45, 2.75) is 51.2 Å². The van der Waals surface area contributed by atoms with Gasteiger partial charge in [0, 0.05) is 12.1 Å². The van der Waals surface area contributed by atoms with E-state index in [0.717, 1.165) is 24.8 Å². The minimum absolute atomic E-state index is 0.0611. The molecular formula is C15H20Cl2N2O. The van der Waals surface area contributed by atoms with Crippen LogP contribution < -0.4 is 10.6 Å². The van der Waals surface area contributed by atoms with Crippen LogP contribution in [0.15, 0.2) is 18.2 Å². The van der Waals surface area contributed by atoms with Crippen LogP contribution in [0, 0.1) is 0 Å². The van der Waals surface area contributed by atoms with Crippen molar-refractivity contribution in [1.82, 2.24) is 10.6 Å². The van der Waals surface area contributed by atoms with Gasteiger partial charge >= 0.3 is 0 Å². The van der Waals surface area contributed by atoms with Gasteiger partial charge < -0.3 is 5.32 Å². The molecule has 0 heterocycles. The Bertz CT molecular complexity index is 489. The average molecular weight is 315 g/mol. The first-order valence-electron chi connectivity index (χ1n) is 7.02. The maximum absolute atomic E-state index is 12.0. The largest absolute Gasteiger partial charge is 0.352 e. The highest BCUT2D eigenvalue weighted by molar-refractivity contribution is 6.42. The molecule has 2 N–H and O–H groups in total. The van der Waals surface area contributed by atoms with Gasteiger partial charge in [-0.15, -0.1) is 0 Å². The highest BCUT2D eigenvalue weighted by atomic mass is 35.5. The van der Waals surface area contributed by atoms with Crippen LogP contribution in [-0.4, -0.2) is 18.0 Å². The van der Waals surface area contributed by atoms with E-state index in [1.165, 1.54) is 0 Å². The van der Waals surface area contributed by atoms with Crippen LogP contribution in [0.2, 0.25) is 10.0 Å². The zero-order valence-corrected chi connectivity index (χ0v) is 13.3. The molecule has 1 aromatic carbocycles. The van der Waals surface area contributed by atoms with E-state index >= 15 is 0 Å². The van der Waals surface area contributed by atoms with E-state index in [4.69, 9.17) is 23.2 Å². The van der Waals surface area contributed by atoms with Crippen molar-refractivity contribution in [3.8, 4) is 0 Å². The third-order valence-electron chi connectivity index (χ3n) is 3.52. The molecule has 1 saturated carbocycles. The van der Waals surface area contributed by atoms with Crippen LogP contribution in [0.3, 0.4) is 0 Å². The fourth-order valence-corrected chi connectivity index (χ4v) is 2.42. The third-order valence-corrected chi connectivity index (χ3v) is 4.26. The Morgan fingerprint density at radius 2 is 2.05 bits per heavy atom. The molecule has 0 bridgehead atoms. The Kier molecular flexibility index (Phi) is 5.30. The predicted molar refractivity (Wildman–Crippen MR) is 83.3 cm³/mol. The summed E-state index contributed by atoms with van der Waals surface area (Å²) in [5, 5.41) is 7.44. The second-order valence-corrected chi connectivity index (χ2v) is 6.12. The predicted octanol–water partition coefficient (Wildman–Crippen LogP) is 3.70. The zero-order valence-electron chi connectivity index (χ0n) is 11.7. The minimum atomic E-state index is -0.227. The molecule has 0 saturated heterocycles. The van der Waals surface area contributed by atoms with Crippen molar-refractivity contribution in [3.63, 3.8) is 0 Å². The Balaban J connectivity index is 1.99. The topological polar surface area (TPSA) is 41.1 Å². The lowest BCUT2D eigenvalue weighted by Crippen LogP contribution is -2.44. The molecule has 0 aromatic heterocycles. The molecular weight excluding hydrogens is 295 g/mol. The molecule has 0 spiro atoms. The molecule has 3 nitrogen and oxygen atoms in total. The SMILES string of the molecule is CCC(NC(C)C(=O)NC1CC1)c1ccc(Cl)c(Cl)c1. The summed E-state index contributed by atoms with van der Waals surface area (Å²) in [5.74, 6) is 0.0611. The molecule has 5 heteroatoms. The van der Waals surface area contributed by atoms with Crippen molar-refractivity contribution < 1.29 is 4.79 Å². The Hall–Kier alpha value is -0.770. The van der Waals surface area contributed by atoms with Gasteiger partial charge in [0.15, 0.2) is 0 Å². The third kappa shape index (κ3) is 4.11. The zero-order chi connectivity index (χ0) is 14.7. The van der Waals surface area contributed by atoms with E-state index in [-0.39, 0.29) is 18.0 Å². The smallest absolute Gasteiger partial charge is 0.237 e. The van der Waals surface area contributed by atoms with Crippen LogP contribution in [0.5, 0.6) is 0 Å². The summed E-state index contributed by atoms with van der Waals surface area (Å²) < 4.78 is 0. The molecule has 1 aliphatic rings. The monoisotopic (exact) mass is 314 g/mol. The summed E-state index contributed by atoms with van der Waals surface area (Å²) in [6.07, 6.45) is 3.07. The van der Waals surface area contributed by atoms with Crippen LogP contribution in [0.1, 0.15) is 44.7 Å². The van der Waals surface area contributed by atoms with Gasteiger partial charge in [-0.2, -0.15) is 0 Å². The molecule has 1 aliphatic carbocycles. The van der Waals surface area contributed by atoms with Crippen LogP contribution in [-0.2, 0) is 4.79 Å². The van der Waals surface area contributed by atoms with Crippen molar-refractivity contribution in [3.05, 3.63) is 33.8 Å². The summed E-state index contributed by atoms with van der Waals surface area (Å²) in [4.78, 5) is 12.0. The molecule has 20 heavy (non-hydrogen) atoms. The van der Waals surface area contributed by atoms with Gasteiger partial charge in [-0.1, -0.05) is 36.2 Å². The second kappa shape index (κ2) is 6.79. The lowest BCUT2D eigenvalue weighted by Gasteiger charge is -2.22. The van der Waals surface area contributed by atoms with Crippen molar-refractivity contribution >= 4 is 29.1 Å². The number of halogens is 2. The summed E-state index contributed by atoms with van der Waals surface area (Å²) >= 11 is 12.0. The number of benzene rings is 1. The van der Waals surface area contributed by atoms with Crippen molar-refractivity contribution in [1.29, 1.82) is 0 Å². The number of carbonyl (C=O) groups excluding carboxylic acids is 1. The Morgan fingerprint density at radius 1 is 1.35 bits per heavy atom. The van der Waals surface area contributed by atoms with E-state index in [9.17, 15) is 4.79 Å². The standard InChI is InChI=1S/C15H20Cl2N2O/c1-3-14(10-4-7-12(16)13(17)8-10)18-9(2)15(20)19-11-5-6-11/h4,7-9,11,14,18H,3,5-6H2,1-2H3,(H,19,20). The second-order valence-electron chi connectivity index (χ2n) is 5.31. The summed E-state index contributed by atoms with van der Waals surface area (Å²) in [6.45, 7) is 3.96. The molecule has 110 valence electrons. The maximum Gasteiger partial charge on any atom is 0.237 e. The average Bonchev–Trinajstić information content (AvgIpc) is 3.22. The van der Waals surface area contributed by atoms with E-state index in [1.807, 2.05) is 19.1 Å². The highest BCUT2D eigenvalue weighted by Gasteiger charge is 2.26. The molecule has 1 fully saturated rings. The normalized spacial score (nSPS) is 17.6. The highest BCUT2D eigenvalue weighted by Crippen LogP contribution is 2.27. The van der Waals surface area contributed by atoms with Gasteiger partial charge in [0.1, 0.15) is 0 Å². The van der Waals surface area contributed by atoms with Gasteiger partial charge in [-0.05, 0) is 43.9 Å². The minimum Gasteiger partial charge on any atom is -0.352 e. The number of carbonyl (C=O) groups is 1. The number of hydrogen-bond donors (Lipinski definition) is 2. The maximum atomic E-state index is 12.0. The van der Waals surface area contributed by atoms with Gasteiger partial charge in [-0.25, -0.2) is 0 Å². The van der Waals surface area contributed by atoms with E-state index < -0.39 is 0 Å². The summed E-state index contributed by atoms with van der Waals surface area (Å²) in [6, 6.07) is 5.84. The van der Waals surface area contributed by atoms with Crippen molar-refractivity contribution in [2.24, 2.45) is 0 Å². The first-order chi connectivity index (χ1) is 9.51. The molecule has 1 aromatic rings. The summed E-state index contributed by atoms with van der Waals surface area (Å²) in [5.41, 5.74) is 1.05. The first-order valence-corrected chi connectivity index (χ1v) is 7.78. The van der Waals surface area contributed by atoms with Gasteiger partial charge in [0.2, 0.25) is 5.91 Å². The number of rotatable bonds is 6. The quantitative estimate of drug-likeness (QED) is 0.840. The first kappa shape index (κ1) is 15.6.